The van der Waals surface area contributed by atoms with E-state index in [4.69, 9.17) is 18.8 Å². The molecule has 9 nitrogen and oxygen atoms in total. The average Bonchev–Trinajstić information content (AvgIpc) is 3.44. The lowest BCUT2D eigenvalue weighted by molar-refractivity contribution is -0.133. The molecule has 4 heterocycles. The Hall–Kier alpha value is -3.07. The van der Waals surface area contributed by atoms with Crippen molar-refractivity contribution >= 4 is 5.91 Å². The van der Waals surface area contributed by atoms with Gasteiger partial charge in [-0.15, -0.1) is 0 Å². The third-order valence-corrected chi connectivity index (χ3v) is 6.31. The molecule has 1 fully saturated rings. The van der Waals surface area contributed by atoms with E-state index in [1.807, 2.05) is 30.9 Å². The van der Waals surface area contributed by atoms with E-state index >= 15 is 0 Å². The number of amides is 1. The number of carbonyl (C=O) groups is 1. The van der Waals surface area contributed by atoms with Crippen LogP contribution in [-0.2, 0) is 21.4 Å². The Morgan fingerprint density at radius 1 is 1.22 bits per heavy atom. The van der Waals surface area contributed by atoms with Crippen molar-refractivity contribution in [3.05, 3.63) is 47.4 Å². The van der Waals surface area contributed by atoms with Crippen LogP contribution in [0.1, 0.15) is 48.5 Å². The third kappa shape index (κ3) is 4.57. The SMILES string of the molecule is COCCC1(c2noc(-c3ccncc3)n2)CCCN(C(=O)CCc2c(C)noc2C)C1. The third-order valence-electron chi connectivity index (χ3n) is 6.31. The van der Waals surface area contributed by atoms with E-state index in [2.05, 4.69) is 15.3 Å². The number of hydrogen-bond donors (Lipinski definition) is 0. The molecule has 0 radical (unpaired) electrons. The number of hydrogen-bond acceptors (Lipinski definition) is 8. The monoisotopic (exact) mass is 439 g/mol. The highest BCUT2D eigenvalue weighted by molar-refractivity contribution is 5.76. The van der Waals surface area contributed by atoms with Crippen LogP contribution in [0.25, 0.3) is 11.5 Å². The number of rotatable bonds is 8. The number of aromatic nitrogens is 4. The highest BCUT2D eigenvalue weighted by Crippen LogP contribution is 2.37. The zero-order valence-corrected chi connectivity index (χ0v) is 18.8. The van der Waals surface area contributed by atoms with Crippen LogP contribution in [0.4, 0.5) is 0 Å². The van der Waals surface area contributed by atoms with E-state index in [-0.39, 0.29) is 5.91 Å². The maximum absolute atomic E-state index is 13.1. The molecule has 1 unspecified atom stereocenters. The number of carbonyl (C=O) groups excluding carboxylic acids is 1. The van der Waals surface area contributed by atoms with Crippen molar-refractivity contribution in [1.29, 1.82) is 0 Å². The van der Waals surface area contributed by atoms with Crippen molar-refractivity contribution < 1.29 is 18.6 Å². The van der Waals surface area contributed by atoms with Gasteiger partial charge in [0.25, 0.3) is 5.89 Å². The first kappa shape index (κ1) is 22.1. The van der Waals surface area contributed by atoms with Gasteiger partial charge in [-0.05, 0) is 51.7 Å². The average molecular weight is 440 g/mol. The van der Waals surface area contributed by atoms with E-state index in [1.165, 1.54) is 0 Å². The summed E-state index contributed by atoms with van der Waals surface area (Å²) >= 11 is 0. The van der Waals surface area contributed by atoms with Crippen LogP contribution in [-0.4, -0.2) is 57.9 Å². The number of ether oxygens (including phenoxy) is 1. The fourth-order valence-corrected chi connectivity index (χ4v) is 4.44. The Kier molecular flexibility index (Phi) is 6.64. The number of likely N-dealkylation sites (tertiary alicyclic amines) is 1. The molecule has 1 aliphatic rings. The number of pyridine rings is 1. The molecule has 9 heteroatoms. The van der Waals surface area contributed by atoms with Gasteiger partial charge in [0, 0.05) is 56.7 Å². The van der Waals surface area contributed by atoms with E-state index < -0.39 is 5.41 Å². The standard InChI is InChI=1S/C23H29N5O4/c1-16-19(17(2)31-26-16)5-6-20(29)28-13-4-9-23(15-28,10-14-30-3)22-25-21(32-27-22)18-7-11-24-12-8-18/h7-8,11-12H,4-6,9-10,13-15H2,1-3H3. The molecule has 1 saturated heterocycles. The lowest BCUT2D eigenvalue weighted by Crippen LogP contribution is -2.49. The van der Waals surface area contributed by atoms with Crippen LogP contribution in [0.2, 0.25) is 0 Å². The summed E-state index contributed by atoms with van der Waals surface area (Å²) in [6.45, 7) is 5.62. The van der Waals surface area contributed by atoms with Gasteiger partial charge in [0.05, 0.1) is 11.1 Å². The molecule has 0 aromatic carbocycles. The molecule has 0 N–H and O–H groups in total. The zero-order valence-electron chi connectivity index (χ0n) is 18.8. The molecular weight excluding hydrogens is 410 g/mol. The van der Waals surface area contributed by atoms with Crippen LogP contribution >= 0.6 is 0 Å². The summed E-state index contributed by atoms with van der Waals surface area (Å²) in [7, 11) is 1.68. The van der Waals surface area contributed by atoms with E-state index in [0.29, 0.717) is 44.1 Å². The highest BCUT2D eigenvalue weighted by atomic mass is 16.5. The Bertz CT molecular complexity index is 1030. The minimum absolute atomic E-state index is 0.115. The van der Waals surface area contributed by atoms with Gasteiger partial charge in [0.1, 0.15) is 5.76 Å². The summed E-state index contributed by atoms with van der Waals surface area (Å²) in [5.41, 5.74) is 2.28. The van der Waals surface area contributed by atoms with E-state index in [9.17, 15) is 4.79 Å². The maximum atomic E-state index is 13.1. The maximum Gasteiger partial charge on any atom is 0.258 e. The van der Waals surface area contributed by atoms with Crippen molar-refractivity contribution in [2.75, 3.05) is 26.8 Å². The van der Waals surface area contributed by atoms with Gasteiger partial charge in [-0.25, -0.2) is 0 Å². The van der Waals surface area contributed by atoms with Gasteiger partial charge in [0.15, 0.2) is 5.82 Å². The molecular formula is C23H29N5O4. The smallest absolute Gasteiger partial charge is 0.258 e. The minimum atomic E-state index is -0.401. The second-order valence-corrected chi connectivity index (χ2v) is 8.40. The van der Waals surface area contributed by atoms with Gasteiger partial charge in [-0.2, -0.15) is 4.98 Å². The van der Waals surface area contributed by atoms with Crippen molar-refractivity contribution in [2.45, 2.75) is 51.4 Å². The largest absolute Gasteiger partial charge is 0.385 e. The molecule has 0 spiro atoms. The van der Waals surface area contributed by atoms with Crippen LogP contribution in [0, 0.1) is 13.8 Å². The normalized spacial score (nSPS) is 18.8. The van der Waals surface area contributed by atoms with Crippen LogP contribution in [0.3, 0.4) is 0 Å². The summed E-state index contributed by atoms with van der Waals surface area (Å²) in [4.78, 5) is 23.8. The summed E-state index contributed by atoms with van der Waals surface area (Å²) in [6.07, 6.45) is 6.89. The molecule has 1 aliphatic heterocycles. The fourth-order valence-electron chi connectivity index (χ4n) is 4.44. The Balaban J connectivity index is 1.52. The summed E-state index contributed by atoms with van der Waals surface area (Å²) < 4.78 is 16.2. The molecule has 0 bridgehead atoms. The molecule has 170 valence electrons. The zero-order chi connectivity index (χ0) is 22.6. The first-order valence-electron chi connectivity index (χ1n) is 11.0. The van der Waals surface area contributed by atoms with Gasteiger partial charge in [-0.3, -0.25) is 9.78 Å². The molecule has 0 aliphatic carbocycles. The number of methoxy groups -OCH3 is 1. The lowest BCUT2D eigenvalue weighted by Gasteiger charge is -2.41. The quantitative estimate of drug-likeness (QED) is 0.526. The number of nitrogens with zero attached hydrogens (tertiary/aromatic N) is 5. The topological polar surface area (TPSA) is 107 Å². The Labute approximate surface area is 187 Å². The van der Waals surface area contributed by atoms with Gasteiger partial charge >= 0.3 is 0 Å². The molecule has 1 atom stereocenters. The molecule has 3 aromatic heterocycles. The lowest BCUT2D eigenvalue weighted by atomic mass is 9.76. The number of piperidine rings is 1. The molecule has 1 amide bonds. The second-order valence-electron chi connectivity index (χ2n) is 8.40. The van der Waals surface area contributed by atoms with Crippen LogP contribution in [0.5, 0.6) is 0 Å². The molecule has 4 rings (SSSR count). The molecule has 3 aromatic rings. The molecule has 0 saturated carbocycles. The fraction of sp³-hybridized carbons (Fsp3) is 0.522. The first-order valence-corrected chi connectivity index (χ1v) is 11.0. The predicted octanol–water partition coefficient (Wildman–Crippen LogP) is 3.27. The van der Waals surface area contributed by atoms with Gasteiger partial charge in [-0.1, -0.05) is 10.3 Å². The Morgan fingerprint density at radius 3 is 2.75 bits per heavy atom. The van der Waals surface area contributed by atoms with E-state index in [0.717, 1.165) is 42.0 Å². The summed E-state index contributed by atoms with van der Waals surface area (Å²) in [6, 6.07) is 3.68. The second kappa shape index (κ2) is 9.60. The summed E-state index contributed by atoms with van der Waals surface area (Å²) in [5.74, 6) is 1.98. The van der Waals surface area contributed by atoms with Crippen molar-refractivity contribution in [3.63, 3.8) is 0 Å². The summed E-state index contributed by atoms with van der Waals surface area (Å²) in [5, 5.41) is 8.31. The van der Waals surface area contributed by atoms with Crippen molar-refractivity contribution in [2.24, 2.45) is 0 Å². The Morgan fingerprint density at radius 2 is 2.03 bits per heavy atom. The highest BCUT2D eigenvalue weighted by Gasteiger charge is 2.42. The van der Waals surface area contributed by atoms with Gasteiger partial charge in [0.2, 0.25) is 5.91 Å². The van der Waals surface area contributed by atoms with Crippen molar-refractivity contribution in [3.8, 4) is 11.5 Å². The first-order chi connectivity index (χ1) is 15.5. The predicted molar refractivity (Wildman–Crippen MR) is 116 cm³/mol. The minimum Gasteiger partial charge on any atom is -0.385 e. The van der Waals surface area contributed by atoms with Crippen LogP contribution < -0.4 is 0 Å². The van der Waals surface area contributed by atoms with Crippen LogP contribution in [0.15, 0.2) is 33.6 Å². The molecule has 32 heavy (non-hydrogen) atoms. The van der Waals surface area contributed by atoms with Crippen molar-refractivity contribution in [1.82, 2.24) is 25.2 Å². The number of aryl methyl sites for hydroxylation is 2. The van der Waals surface area contributed by atoms with Gasteiger partial charge < -0.3 is 18.7 Å². The van der Waals surface area contributed by atoms with E-state index in [1.54, 1.807) is 19.5 Å².